The van der Waals surface area contributed by atoms with Crippen molar-refractivity contribution in [2.24, 2.45) is 0 Å². The average Bonchev–Trinajstić information content (AvgIpc) is 2.92. The number of benzene rings is 1. The quantitative estimate of drug-likeness (QED) is 0.839. The first-order chi connectivity index (χ1) is 9.93. The van der Waals surface area contributed by atoms with Gasteiger partial charge in [-0.15, -0.1) is 0 Å². The SMILES string of the molecule is Nc1c(F)ccc(S(=O)(=O)N2CCOC3CCCC32)c1F. The number of hydrogen-bond donors (Lipinski definition) is 1. The average molecular weight is 318 g/mol. The van der Waals surface area contributed by atoms with Crippen LogP contribution in [0.4, 0.5) is 14.5 Å². The van der Waals surface area contributed by atoms with Crippen molar-refractivity contribution in [2.75, 3.05) is 18.9 Å². The van der Waals surface area contributed by atoms with Crippen molar-refractivity contribution in [3.63, 3.8) is 0 Å². The molecule has 2 fully saturated rings. The zero-order chi connectivity index (χ0) is 15.2. The van der Waals surface area contributed by atoms with Crippen LogP contribution >= 0.6 is 0 Å². The molecule has 3 rings (SSSR count). The van der Waals surface area contributed by atoms with Gasteiger partial charge >= 0.3 is 0 Å². The number of anilines is 1. The Morgan fingerprint density at radius 1 is 1.29 bits per heavy atom. The molecule has 1 aliphatic carbocycles. The highest BCUT2D eigenvalue weighted by Crippen LogP contribution is 2.34. The molecule has 1 aromatic carbocycles. The fraction of sp³-hybridized carbons (Fsp3) is 0.538. The Morgan fingerprint density at radius 2 is 2.05 bits per heavy atom. The molecule has 1 heterocycles. The maximum absolute atomic E-state index is 14.1. The largest absolute Gasteiger partial charge is 0.394 e. The van der Waals surface area contributed by atoms with Crippen molar-refractivity contribution in [2.45, 2.75) is 36.3 Å². The van der Waals surface area contributed by atoms with Gasteiger partial charge in [-0.1, -0.05) is 0 Å². The van der Waals surface area contributed by atoms with E-state index in [1.807, 2.05) is 0 Å². The van der Waals surface area contributed by atoms with Crippen LogP contribution in [0.1, 0.15) is 19.3 Å². The van der Waals surface area contributed by atoms with Gasteiger partial charge in [-0.2, -0.15) is 4.31 Å². The summed E-state index contributed by atoms with van der Waals surface area (Å²) in [7, 11) is -4.05. The molecule has 0 aromatic heterocycles. The summed E-state index contributed by atoms with van der Waals surface area (Å²) < 4.78 is 59.4. The number of hydrogen-bond acceptors (Lipinski definition) is 4. The predicted octanol–water partition coefficient (Wildman–Crippen LogP) is 1.49. The van der Waals surface area contributed by atoms with E-state index in [1.54, 1.807) is 0 Å². The van der Waals surface area contributed by atoms with Crippen molar-refractivity contribution in [3.05, 3.63) is 23.8 Å². The summed E-state index contributed by atoms with van der Waals surface area (Å²) in [4.78, 5) is -0.575. The smallest absolute Gasteiger partial charge is 0.246 e. The second-order valence-corrected chi connectivity index (χ2v) is 7.16. The standard InChI is InChI=1S/C13H16F2N2O3S/c14-8-4-5-11(12(15)13(8)16)21(18,19)17-6-7-20-10-3-1-2-9(10)17/h4-5,9-10H,1-3,6-7,16H2. The van der Waals surface area contributed by atoms with Crippen molar-refractivity contribution >= 4 is 15.7 Å². The van der Waals surface area contributed by atoms with Crippen molar-refractivity contribution in [1.29, 1.82) is 0 Å². The number of fused-ring (bicyclic) bond motifs is 1. The summed E-state index contributed by atoms with van der Waals surface area (Å²) in [6.07, 6.45) is 2.21. The number of nitrogens with two attached hydrogens (primary N) is 1. The lowest BCUT2D eigenvalue weighted by Crippen LogP contribution is -2.51. The van der Waals surface area contributed by atoms with Gasteiger partial charge in [0.1, 0.15) is 16.4 Å². The zero-order valence-electron chi connectivity index (χ0n) is 11.3. The van der Waals surface area contributed by atoms with Gasteiger partial charge in [0, 0.05) is 6.54 Å². The Morgan fingerprint density at radius 3 is 2.81 bits per heavy atom. The minimum Gasteiger partial charge on any atom is -0.394 e. The number of nitrogens with zero attached hydrogens (tertiary/aromatic N) is 1. The van der Waals surface area contributed by atoms with Crippen molar-refractivity contribution in [3.8, 4) is 0 Å². The summed E-state index contributed by atoms with van der Waals surface area (Å²) in [5.74, 6) is -2.19. The van der Waals surface area contributed by atoms with E-state index in [-0.39, 0.29) is 25.3 Å². The lowest BCUT2D eigenvalue weighted by atomic mass is 10.2. The maximum Gasteiger partial charge on any atom is 0.246 e. The Hall–Kier alpha value is -1.25. The molecule has 2 aliphatic rings. The minimum atomic E-state index is -4.05. The third-order valence-corrected chi connectivity index (χ3v) is 6.05. The van der Waals surface area contributed by atoms with Crippen LogP contribution in [0.3, 0.4) is 0 Å². The van der Waals surface area contributed by atoms with Crippen LogP contribution in [-0.4, -0.2) is 38.0 Å². The first-order valence-corrected chi connectivity index (χ1v) is 8.24. The van der Waals surface area contributed by atoms with Gasteiger partial charge in [0.2, 0.25) is 10.0 Å². The summed E-state index contributed by atoms with van der Waals surface area (Å²) >= 11 is 0. The Bertz CT molecular complexity index is 666. The normalized spacial score (nSPS) is 26.8. The molecule has 0 spiro atoms. The highest BCUT2D eigenvalue weighted by molar-refractivity contribution is 7.89. The second kappa shape index (κ2) is 5.19. The molecule has 5 nitrogen and oxygen atoms in total. The molecule has 1 aromatic rings. The van der Waals surface area contributed by atoms with Gasteiger partial charge in [0.15, 0.2) is 5.82 Å². The molecular formula is C13H16F2N2O3S. The number of nitrogen functional groups attached to an aromatic ring is 1. The van der Waals surface area contributed by atoms with Gasteiger partial charge in [-0.25, -0.2) is 17.2 Å². The number of rotatable bonds is 2. The molecule has 0 bridgehead atoms. The van der Waals surface area contributed by atoms with Gasteiger partial charge in [-0.3, -0.25) is 0 Å². The Labute approximate surface area is 121 Å². The van der Waals surface area contributed by atoms with Crippen molar-refractivity contribution < 1.29 is 21.9 Å². The third kappa shape index (κ3) is 2.31. The first kappa shape index (κ1) is 14.7. The van der Waals surface area contributed by atoms with E-state index < -0.39 is 32.2 Å². The lowest BCUT2D eigenvalue weighted by molar-refractivity contribution is -0.0242. The highest BCUT2D eigenvalue weighted by Gasteiger charge is 2.43. The molecule has 2 atom stereocenters. The summed E-state index contributed by atoms with van der Waals surface area (Å²) in [6.45, 7) is 0.443. The number of halogens is 2. The minimum absolute atomic E-state index is 0.144. The molecular weight excluding hydrogens is 302 g/mol. The molecule has 0 amide bonds. The van der Waals surface area contributed by atoms with E-state index >= 15 is 0 Å². The van der Waals surface area contributed by atoms with E-state index in [4.69, 9.17) is 10.5 Å². The van der Waals surface area contributed by atoms with Crippen LogP contribution in [-0.2, 0) is 14.8 Å². The highest BCUT2D eigenvalue weighted by atomic mass is 32.2. The summed E-state index contributed by atoms with van der Waals surface area (Å²) in [5, 5.41) is 0. The maximum atomic E-state index is 14.1. The van der Waals surface area contributed by atoms with Crippen LogP contribution in [0.15, 0.2) is 17.0 Å². The van der Waals surface area contributed by atoms with E-state index in [1.165, 1.54) is 4.31 Å². The monoisotopic (exact) mass is 318 g/mol. The number of morpholine rings is 1. The molecule has 1 aliphatic heterocycles. The lowest BCUT2D eigenvalue weighted by Gasteiger charge is -2.36. The van der Waals surface area contributed by atoms with Gasteiger partial charge in [0.05, 0.1) is 18.8 Å². The summed E-state index contributed by atoms with van der Waals surface area (Å²) in [6, 6.07) is 1.52. The molecule has 116 valence electrons. The first-order valence-electron chi connectivity index (χ1n) is 6.80. The molecule has 1 saturated heterocycles. The predicted molar refractivity (Wildman–Crippen MR) is 72.0 cm³/mol. The van der Waals surface area contributed by atoms with Crippen molar-refractivity contribution in [1.82, 2.24) is 4.31 Å². The fourth-order valence-electron chi connectivity index (χ4n) is 3.06. The molecule has 2 unspecified atom stereocenters. The molecule has 8 heteroatoms. The topological polar surface area (TPSA) is 72.6 Å². The van der Waals surface area contributed by atoms with Gasteiger partial charge in [-0.05, 0) is 31.4 Å². The van der Waals surface area contributed by atoms with Crippen LogP contribution in [0.2, 0.25) is 0 Å². The number of ether oxygens (including phenoxy) is 1. The van der Waals surface area contributed by atoms with Crippen LogP contribution in [0, 0.1) is 11.6 Å². The van der Waals surface area contributed by atoms with Crippen LogP contribution in [0.25, 0.3) is 0 Å². The molecule has 2 N–H and O–H groups in total. The summed E-state index contributed by atoms with van der Waals surface area (Å²) in [5.41, 5.74) is 4.49. The molecule has 21 heavy (non-hydrogen) atoms. The van der Waals surface area contributed by atoms with Crippen LogP contribution in [0.5, 0.6) is 0 Å². The van der Waals surface area contributed by atoms with E-state index in [2.05, 4.69) is 0 Å². The van der Waals surface area contributed by atoms with Crippen LogP contribution < -0.4 is 5.73 Å². The zero-order valence-corrected chi connectivity index (χ0v) is 12.1. The number of sulfonamides is 1. The third-order valence-electron chi connectivity index (χ3n) is 4.11. The molecule has 0 radical (unpaired) electrons. The van der Waals surface area contributed by atoms with E-state index in [9.17, 15) is 17.2 Å². The molecule has 1 saturated carbocycles. The van der Waals surface area contributed by atoms with E-state index in [0.717, 1.165) is 25.0 Å². The van der Waals surface area contributed by atoms with Gasteiger partial charge in [0.25, 0.3) is 0 Å². The Kier molecular flexibility index (Phi) is 3.62. The Balaban J connectivity index is 2.02. The second-order valence-electron chi connectivity index (χ2n) is 5.30. The van der Waals surface area contributed by atoms with E-state index in [0.29, 0.717) is 6.42 Å². The fourth-order valence-corrected chi connectivity index (χ4v) is 4.81. The van der Waals surface area contributed by atoms with Gasteiger partial charge < -0.3 is 10.5 Å².